The van der Waals surface area contributed by atoms with Crippen LogP contribution in [0.5, 0.6) is 0 Å². The highest BCUT2D eigenvalue weighted by Gasteiger charge is 2.32. The Morgan fingerprint density at radius 1 is 1.32 bits per heavy atom. The van der Waals surface area contributed by atoms with Gasteiger partial charge >= 0.3 is 6.18 Å². The van der Waals surface area contributed by atoms with E-state index in [-0.39, 0.29) is 5.69 Å². The second-order valence-corrected chi connectivity index (χ2v) is 3.92. The first kappa shape index (κ1) is 13.5. The van der Waals surface area contributed by atoms with E-state index in [4.69, 9.17) is 0 Å². The van der Waals surface area contributed by atoms with E-state index in [1.165, 1.54) is 7.05 Å². The van der Waals surface area contributed by atoms with Crippen molar-refractivity contribution in [3.8, 4) is 0 Å². The van der Waals surface area contributed by atoms with Crippen molar-refractivity contribution in [1.82, 2.24) is 15.0 Å². The Morgan fingerprint density at radius 2 is 2.00 bits per heavy atom. The van der Waals surface area contributed by atoms with Gasteiger partial charge in [0.05, 0.1) is 17.5 Å². The van der Waals surface area contributed by atoms with Crippen LogP contribution in [0.25, 0.3) is 0 Å². The van der Waals surface area contributed by atoms with Gasteiger partial charge in [0, 0.05) is 12.6 Å². The van der Waals surface area contributed by atoms with Crippen LogP contribution in [-0.4, -0.2) is 20.1 Å². The number of benzene rings is 1. The molecule has 1 N–H and O–H groups in total. The number of hydrogen-bond acceptors (Lipinski definition) is 3. The van der Waals surface area contributed by atoms with E-state index in [1.807, 2.05) is 0 Å². The van der Waals surface area contributed by atoms with Crippen LogP contribution in [0.4, 0.5) is 17.6 Å². The number of nitrogens with zero attached hydrogens (tertiary/aromatic N) is 3. The molecule has 0 amide bonds. The Labute approximate surface area is 105 Å². The van der Waals surface area contributed by atoms with Crippen LogP contribution in [0.1, 0.15) is 22.9 Å². The van der Waals surface area contributed by atoms with Crippen LogP contribution in [0.3, 0.4) is 0 Å². The fourth-order valence-electron chi connectivity index (χ4n) is 1.63. The highest BCUT2D eigenvalue weighted by atomic mass is 19.4. The number of hydrogen-bond donors (Lipinski definition) is 1. The smallest absolute Gasteiger partial charge is 0.382 e. The summed E-state index contributed by atoms with van der Waals surface area (Å²) in [5.74, 6) is -0.929. The molecule has 1 aromatic heterocycles. The molecule has 0 fully saturated rings. The molecule has 0 aliphatic rings. The lowest BCUT2D eigenvalue weighted by Crippen LogP contribution is -2.11. The molecule has 0 saturated carbocycles. The molecule has 0 aliphatic heterocycles. The first-order valence-corrected chi connectivity index (χ1v) is 5.20. The van der Waals surface area contributed by atoms with Gasteiger partial charge in [-0.3, -0.25) is 0 Å². The molecule has 0 aliphatic carbocycles. The fourth-order valence-corrected chi connectivity index (χ4v) is 1.63. The molecule has 0 spiro atoms. The molecule has 0 saturated heterocycles. The Hall–Kier alpha value is -1.96. The third-order valence-electron chi connectivity index (χ3n) is 2.65. The molecule has 1 unspecified atom stereocenters. The molecule has 1 atom stereocenters. The molecule has 0 radical (unpaired) electrons. The summed E-state index contributed by atoms with van der Waals surface area (Å²) in [6.07, 6.45) is -5.01. The average Bonchev–Trinajstić information content (AvgIpc) is 2.73. The number of rotatable bonds is 2. The zero-order chi connectivity index (χ0) is 14.2. The molecule has 8 heteroatoms. The minimum absolute atomic E-state index is 0.0956. The van der Waals surface area contributed by atoms with Gasteiger partial charge in [0.15, 0.2) is 0 Å². The van der Waals surface area contributed by atoms with Crippen molar-refractivity contribution in [2.24, 2.45) is 7.05 Å². The van der Waals surface area contributed by atoms with Crippen LogP contribution in [-0.2, 0) is 13.2 Å². The number of halogens is 4. The molecule has 2 aromatic rings. The van der Waals surface area contributed by atoms with E-state index >= 15 is 0 Å². The normalized spacial score (nSPS) is 13.6. The Bertz CT molecular complexity index is 594. The molecular formula is C11H9F4N3O. The van der Waals surface area contributed by atoms with E-state index in [2.05, 4.69) is 10.3 Å². The second-order valence-electron chi connectivity index (χ2n) is 3.92. The van der Waals surface area contributed by atoms with Gasteiger partial charge in [-0.2, -0.15) is 13.2 Å². The fraction of sp³-hybridized carbons (Fsp3) is 0.273. The molecular weight excluding hydrogens is 266 g/mol. The highest BCUT2D eigenvalue weighted by molar-refractivity contribution is 5.32. The van der Waals surface area contributed by atoms with Crippen LogP contribution in [0.2, 0.25) is 0 Å². The van der Waals surface area contributed by atoms with Gasteiger partial charge in [-0.05, 0) is 18.2 Å². The van der Waals surface area contributed by atoms with E-state index in [9.17, 15) is 22.7 Å². The lowest BCUT2D eigenvalue weighted by molar-refractivity contribution is -0.137. The molecule has 1 aromatic carbocycles. The predicted octanol–water partition coefficient (Wildman–Crippen LogP) is 2.05. The maximum atomic E-state index is 13.6. The van der Waals surface area contributed by atoms with Crippen molar-refractivity contribution >= 4 is 0 Å². The average molecular weight is 275 g/mol. The summed E-state index contributed by atoms with van der Waals surface area (Å²) in [5, 5.41) is 16.9. The summed E-state index contributed by atoms with van der Waals surface area (Å²) in [6, 6.07) is 1.87. The SMILES string of the molecule is Cn1nncc1C(O)c1cc(C(F)(F)F)ccc1F. The molecule has 19 heavy (non-hydrogen) atoms. The van der Waals surface area contributed by atoms with E-state index < -0.39 is 29.2 Å². The maximum absolute atomic E-state index is 13.6. The van der Waals surface area contributed by atoms with Crippen molar-refractivity contribution in [3.05, 3.63) is 47.0 Å². The van der Waals surface area contributed by atoms with Gasteiger partial charge in [-0.15, -0.1) is 5.10 Å². The first-order chi connectivity index (χ1) is 8.80. The largest absolute Gasteiger partial charge is 0.416 e. The van der Waals surface area contributed by atoms with Crippen molar-refractivity contribution in [3.63, 3.8) is 0 Å². The summed E-state index contributed by atoms with van der Waals surface area (Å²) in [5.41, 5.74) is -1.41. The number of aryl methyl sites for hydroxylation is 1. The third kappa shape index (κ3) is 2.58. The molecule has 102 valence electrons. The van der Waals surface area contributed by atoms with Gasteiger partial charge in [-0.1, -0.05) is 5.21 Å². The van der Waals surface area contributed by atoms with Crippen molar-refractivity contribution in [2.75, 3.05) is 0 Å². The third-order valence-corrected chi connectivity index (χ3v) is 2.65. The number of aromatic nitrogens is 3. The molecule has 1 heterocycles. The van der Waals surface area contributed by atoms with Gasteiger partial charge in [0.25, 0.3) is 0 Å². The predicted molar refractivity (Wildman–Crippen MR) is 56.5 cm³/mol. The van der Waals surface area contributed by atoms with Crippen molar-refractivity contribution in [1.29, 1.82) is 0 Å². The lowest BCUT2D eigenvalue weighted by atomic mass is 10.0. The lowest BCUT2D eigenvalue weighted by Gasteiger charge is -2.14. The summed E-state index contributed by atoms with van der Waals surface area (Å²) in [4.78, 5) is 0. The van der Waals surface area contributed by atoms with Crippen molar-refractivity contribution in [2.45, 2.75) is 12.3 Å². The standard InChI is InChI=1S/C11H9F4N3O/c1-18-9(5-16-17-18)10(19)7-4-6(11(13,14)15)2-3-8(7)12/h2-5,10,19H,1H3. The van der Waals surface area contributed by atoms with Crippen molar-refractivity contribution < 1.29 is 22.7 Å². The molecule has 0 bridgehead atoms. The van der Waals surface area contributed by atoms with E-state index in [0.29, 0.717) is 18.2 Å². The van der Waals surface area contributed by atoms with Crippen LogP contribution >= 0.6 is 0 Å². The molecule has 2 rings (SSSR count). The Kier molecular flexibility index (Phi) is 3.27. The summed E-state index contributed by atoms with van der Waals surface area (Å²) in [7, 11) is 1.44. The van der Waals surface area contributed by atoms with Gasteiger partial charge < -0.3 is 5.11 Å². The zero-order valence-electron chi connectivity index (χ0n) is 9.69. The minimum atomic E-state index is -4.60. The summed E-state index contributed by atoms with van der Waals surface area (Å²) >= 11 is 0. The molecule has 4 nitrogen and oxygen atoms in total. The van der Waals surface area contributed by atoms with Gasteiger partial charge in [-0.25, -0.2) is 9.07 Å². The summed E-state index contributed by atoms with van der Waals surface area (Å²) in [6.45, 7) is 0. The highest BCUT2D eigenvalue weighted by Crippen LogP contribution is 2.33. The van der Waals surface area contributed by atoms with E-state index in [0.717, 1.165) is 10.9 Å². The Balaban J connectivity index is 2.47. The van der Waals surface area contributed by atoms with E-state index in [1.54, 1.807) is 0 Å². The minimum Gasteiger partial charge on any atom is -0.382 e. The maximum Gasteiger partial charge on any atom is 0.416 e. The number of alkyl halides is 3. The second kappa shape index (κ2) is 4.61. The van der Waals surface area contributed by atoms with Crippen LogP contribution < -0.4 is 0 Å². The van der Waals surface area contributed by atoms with Crippen LogP contribution in [0.15, 0.2) is 24.4 Å². The van der Waals surface area contributed by atoms with Gasteiger partial charge in [0.2, 0.25) is 0 Å². The zero-order valence-corrected chi connectivity index (χ0v) is 9.69. The number of aliphatic hydroxyl groups is 1. The van der Waals surface area contributed by atoms with Gasteiger partial charge in [0.1, 0.15) is 11.9 Å². The monoisotopic (exact) mass is 275 g/mol. The first-order valence-electron chi connectivity index (χ1n) is 5.20. The Morgan fingerprint density at radius 3 is 2.53 bits per heavy atom. The topological polar surface area (TPSA) is 50.9 Å². The number of aliphatic hydroxyl groups excluding tert-OH is 1. The van der Waals surface area contributed by atoms with Crippen LogP contribution in [0, 0.1) is 5.82 Å². The quantitative estimate of drug-likeness (QED) is 0.853. The summed E-state index contributed by atoms with van der Waals surface area (Å²) < 4.78 is 52.4.